The summed E-state index contributed by atoms with van der Waals surface area (Å²) in [6.07, 6.45) is 2.70. The minimum atomic E-state index is -0.815. The SMILES string of the molecule is CC(C)(O)CNC(=O)CCC1CCNC1. The molecule has 1 fully saturated rings. The molecule has 1 unspecified atom stereocenters. The first-order valence-corrected chi connectivity index (χ1v) is 5.67. The molecule has 0 bridgehead atoms. The number of carbonyl (C=O) groups excluding carboxylic acids is 1. The topological polar surface area (TPSA) is 61.4 Å². The van der Waals surface area contributed by atoms with Gasteiger partial charge in [0.05, 0.1) is 5.60 Å². The van der Waals surface area contributed by atoms with Crippen LogP contribution >= 0.6 is 0 Å². The predicted octanol–water partition coefficient (Wildman–Crippen LogP) is 0.263. The van der Waals surface area contributed by atoms with Crippen molar-refractivity contribution in [3.05, 3.63) is 0 Å². The first kappa shape index (κ1) is 12.5. The van der Waals surface area contributed by atoms with Gasteiger partial charge in [0.15, 0.2) is 0 Å². The van der Waals surface area contributed by atoms with Crippen LogP contribution in [0.15, 0.2) is 0 Å². The lowest BCUT2D eigenvalue weighted by molar-refractivity contribution is -0.122. The molecule has 1 aliphatic rings. The Morgan fingerprint density at radius 2 is 2.33 bits per heavy atom. The number of nitrogens with one attached hydrogen (secondary N) is 2. The quantitative estimate of drug-likeness (QED) is 0.615. The number of hydrogen-bond donors (Lipinski definition) is 3. The van der Waals surface area contributed by atoms with Crippen molar-refractivity contribution >= 4 is 5.91 Å². The Balaban J connectivity index is 2.08. The molecule has 1 heterocycles. The second-order valence-electron chi connectivity index (χ2n) is 4.99. The molecule has 1 rings (SSSR count). The Kier molecular flexibility index (Phi) is 4.54. The lowest BCUT2D eigenvalue weighted by Crippen LogP contribution is -2.38. The maximum absolute atomic E-state index is 11.4. The van der Waals surface area contributed by atoms with E-state index in [2.05, 4.69) is 10.6 Å². The molecule has 0 aromatic heterocycles. The fourth-order valence-corrected chi connectivity index (χ4v) is 1.70. The molecule has 0 aliphatic carbocycles. The summed E-state index contributed by atoms with van der Waals surface area (Å²) < 4.78 is 0. The van der Waals surface area contributed by atoms with Gasteiger partial charge in [0.25, 0.3) is 0 Å². The molecule has 0 radical (unpaired) electrons. The molecular weight excluding hydrogens is 192 g/mol. The van der Waals surface area contributed by atoms with Crippen molar-refractivity contribution in [3.63, 3.8) is 0 Å². The average molecular weight is 214 g/mol. The monoisotopic (exact) mass is 214 g/mol. The van der Waals surface area contributed by atoms with Crippen molar-refractivity contribution in [3.8, 4) is 0 Å². The van der Waals surface area contributed by atoms with Crippen LogP contribution in [-0.4, -0.2) is 36.2 Å². The van der Waals surface area contributed by atoms with E-state index in [1.165, 1.54) is 6.42 Å². The van der Waals surface area contributed by atoms with E-state index in [9.17, 15) is 9.90 Å². The molecule has 1 saturated heterocycles. The van der Waals surface area contributed by atoms with Crippen LogP contribution in [0, 0.1) is 5.92 Å². The molecule has 1 aliphatic heterocycles. The summed E-state index contributed by atoms with van der Waals surface area (Å²) in [5.74, 6) is 0.696. The van der Waals surface area contributed by atoms with Crippen molar-refractivity contribution in [2.75, 3.05) is 19.6 Å². The van der Waals surface area contributed by atoms with Crippen LogP contribution in [-0.2, 0) is 4.79 Å². The normalized spacial score (nSPS) is 21.7. The van der Waals surface area contributed by atoms with Gasteiger partial charge in [0, 0.05) is 13.0 Å². The summed E-state index contributed by atoms with van der Waals surface area (Å²) in [6, 6.07) is 0. The van der Waals surface area contributed by atoms with Gasteiger partial charge in [-0.1, -0.05) is 0 Å². The molecule has 0 saturated carbocycles. The van der Waals surface area contributed by atoms with Gasteiger partial charge in [-0.25, -0.2) is 0 Å². The van der Waals surface area contributed by atoms with E-state index in [0.717, 1.165) is 19.5 Å². The van der Waals surface area contributed by atoms with E-state index in [1.54, 1.807) is 13.8 Å². The Morgan fingerprint density at radius 3 is 2.87 bits per heavy atom. The van der Waals surface area contributed by atoms with Gasteiger partial charge in [0.2, 0.25) is 5.91 Å². The van der Waals surface area contributed by atoms with Crippen LogP contribution in [0.25, 0.3) is 0 Å². The molecule has 3 N–H and O–H groups in total. The summed E-state index contributed by atoms with van der Waals surface area (Å²) in [4.78, 5) is 11.4. The van der Waals surface area contributed by atoms with E-state index in [-0.39, 0.29) is 5.91 Å². The van der Waals surface area contributed by atoms with E-state index in [1.807, 2.05) is 0 Å². The third-order valence-electron chi connectivity index (χ3n) is 2.66. The average Bonchev–Trinajstić information content (AvgIpc) is 2.62. The molecular formula is C11H22N2O2. The highest BCUT2D eigenvalue weighted by Crippen LogP contribution is 2.13. The maximum Gasteiger partial charge on any atom is 0.220 e. The van der Waals surface area contributed by atoms with Gasteiger partial charge in [0.1, 0.15) is 0 Å². The van der Waals surface area contributed by atoms with Gasteiger partial charge in [-0.2, -0.15) is 0 Å². The van der Waals surface area contributed by atoms with E-state index < -0.39 is 5.60 Å². The Bertz CT molecular complexity index is 205. The van der Waals surface area contributed by atoms with Crippen LogP contribution in [0.2, 0.25) is 0 Å². The van der Waals surface area contributed by atoms with Crippen molar-refractivity contribution in [2.45, 2.75) is 38.7 Å². The second kappa shape index (κ2) is 5.47. The van der Waals surface area contributed by atoms with Gasteiger partial charge < -0.3 is 15.7 Å². The van der Waals surface area contributed by atoms with Gasteiger partial charge in [-0.05, 0) is 45.7 Å². The minimum absolute atomic E-state index is 0.0454. The van der Waals surface area contributed by atoms with Crippen LogP contribution in [0.3, 0.4) is 0 Å². The third kappa shape index (κ3) is 5.74. The smallest absolute Gasteiger partial charge is 0.220 e. The number of amides is 1. The molecule has 1 atom stereocenters. The minimum Gasteiger partial charge on any atom is -0.389 e. The Morgan fingerprint density at radius 1 is 1.60 bits per heavy atom. The number of rotatable bonds is 5. The maximum atomic E-state index is 11.4. The fraction of sp³-hybridized carbons (Fsp3) is 0.909. The highest BCUT2D eigenvalue weighted by atomic mass is 16.3. The molecule has 0 aromatic rings. The molecule has 1 amide bonds. The lowest BCUT2D eigenvalue weighted by atomic mass is 10.0. The van der Waals surface area contributed by atoms with Crippen molar-refractivity contribution in [1.82, 2.24) is 10.6 Å². The fourth-order valence-electron chi connectivity index (χ4n) is 1.70. The van der Waals surface area contributed by atoms with Crippen molar-refractivity contribution in [2.24, 2.45) is 5.92 Å². The van der Waals surface area contributed by atoms with Gasteiger partial charge in [-0.3, -0.25) is 4.79 Å². The number of carbonyl (C=O) groups is 1. The molecule has 15 heavy (non-hydrogen) atoms. The predicted molar refractivity (Wildman–Crippen MR) is 59.5 cm³/mol. The van der Waals surface area contributed by atoms with Crippen molar-refractivity contribution < 1.29 is 9.90 Å². The second-order valence-corrected chi connectivity index (χ2v) is 4.99. The highest BCUT2D eigenvalue weighted by molar-refractivity contribution is 5.75. The largest absolute Gasteiger partial charge is 0.389 e. The first-order chi connectivity index (χ1) is 6.97. The van der Waals surface area contributed by atoms with E-state index in [0.29, 0.717) is 18.9 Å². The zero-order chi connectivity index (χ0) is 11.3. The number of aliphatic hydroxyl groups is 1. The lowest BCUT2D eigenvalue weighted by Gasteiger charge is -2.17. The summed E-state index contributed by atoms with van der Waals surface area (Å²) >= 11 is 0. The first-order valence-electron chi connectivity index (χ1n) is 5.67. The molecule has 0 spiro atoms. The molecule has 4 nitrogen and oxygen atoms in total. The third-order valence-corrected chi connectivity index (χ3v) is 2.66. The summed E-state index contributed by atoms with van der Waals surface area (Å²) in [5.41, 5.74) is -0.815. The Hall–Kier alpha value is -0.610. The molecule has 88 valence electrons. The Labute approximate surface area is 91.4 Å². The van der Waals surface area contributed by atoms with Crippen LogP contribution in [0.1, 0.15) is 33.1 Å². The number of hydrogen-bond acceptors (Lipinski definition) is 3. The summed E-state index contributed by atoms with van der Waals surface area (Å²) in [6.45, 7) is 5.83. The molecule has 4 heteroatoms. The van der Waals surface area contributed by atoms with E-state index in [4.69, 9.17) is 0 Å². The zero-order valence-electron chi connectivity index (χ0n) is 9.68. The van der Waals surface area contributed by atoms with E-state index >= 15 is 0 Å². The molecule has 0 aromatic carbocycles. The highest BCUT2D eigenvalue weighted by Gasteiger charge is 2.17. The summed E-state index contributed by atoms with van der Waals surface area (Å²) in [5, 5.41) is 15.4. The van der Waals surface area contributed by atoms with Crippen LogP contribution in [0.5, 0.6) is 0 Å². The van der Waals surface area contributed by atoms with Crippen molar-refractivity contribution in [1.29, 1.82) is 0 Å². The summed E-state index contributed by atoms with van der Waals surface area (Å²) in [7, 11) is 0. The van der Waals surface area contributed by atoms with Crippen LogP contribution in [0.4, 0.5) is 0 Å². The zero-order valence-corrected chi connectivity index (χ0v) is 9.68. The van der Waals surface area contributed by atoms with Gasteiger partial charge in [-0.15, -0.1) is 0 Å². The van der Waals surface area contributed by atoms with Crippen LogP contribution < -0.4 is 10.6 Å². The standard InChI is InChI=1S/C11H22N2O2/c1-11(2,15)8-13-10(14)4-3-9-5-6-12-7-9/h9,12,15H,3-8H2,1-2H3,(H,13,14). The van der Waals surface area contributed by atoms with Gasteiger partial charge >= 0.3 is 0 Å².